The first-order chi connectivity index (χ1) is 10.1. The highest BCUT2D eigenvalue weighted by molar-refractivity contribution is 5.89. The van der Waals surface area contributed by atoms with E-state index < -0.39 is 0 Å². The Bertz CT molecular complexity index is 565. The molecule has 0 saturated carbocycles. The Kier molecular flexibility index (Phi) is 5.20. The van der Waals surface area contributed by atoms with Crippen molar-refractivity contribution in [2.24, 2.45) is 0 Å². The van der Waals surface area contributed by atoms with Crippen LogP contribution in [0.5, 0.6) is 0 Å². The molecular formula is C15H21N5O. The van der Waals surface area contributed by atoms with E-state index in [1.54, 1.807) is 12.4 Å². The van der Waals surface area contributed by atoms with Crippen LogP contribution in [0.1, 0.15) is 12.2 Å². The summed E-state index contributed by atoms with van der Waals surface area (Å²) in [6, 6.07) is 7.52. The van der Waals surface area contributed by atoms with E-state index in [0.717, 1.165) is 30.0 Å². The molecule has 0 bridgehead atoms. The Morgan fingerprint density at radius 3 is 2.95 bits per heavy atom. The smallest absolute Gasteiger partial charge is 0.319 e. The van der Waals surface area contributed by atoms with Crippen molar-refractivity contribution in [1.82, 2.24) is 15.3 Å². The molecule has 0 saturated heterocycles. The van der Waals surface area contributed by atoms with Gasteiger partial charge in [0, 0.05) is 50.8 Å². The molecule has 0 aliphatic carbocycles. The van der Waals surface area contributed by atoms with Gasteiger partial charge in [-0.3, -0.25) is 0 Å². The van der Waals surface area contributed by atoms with Gasteiger partial charge in [-0.05, 0) is 24.6 Å². The van der Waals surface area contributed by atoms with Gasteiger partial charge in [-0.2, -0.15) is 0 Å². The summed E-state index contributed by atoms with van der Waals surface area (Å²) in [6.45, 7) is 0.611. The zero-order chi connectivity index (χ0) is 15.1. The Morgan fingerprint density at radius 1 is 1.38 bits per heavy atom. The normalized spacial score (nSPS) is 10.2. The molecule has 0 spiro atoms. The lowest BCUT2D eigenvalue weighted by Gasteiger charge is -2.14. The molecule has 2 rings (SSSR count). The van der Waals surface area contributed by atoms with Crippen LogP contribution in [0.2, 0.25) is 0 Å². The van der Waals surface area contributed by atoms with Gasteiger partial charge in [0.2, 0.25) is 0 Å². The van der Waals surface area contributed by atoms with Gasteiger partial charge in [0.15, 0.2) is 0 Å². The average molecular weight is 287 g/mol. The van der Waals surface area contributed by atoms with Crippen molar-refractivity contribution in [2.45, 2.75) is 12.8 Å². The van der Waals surface area contributed by atoms with E-state index in [1.807, 2.05) is 43.3 Å². The third kappa shape index (κ3) is 4.83. The van der Waals surface area contributed by atoms with E-state index in [1.165, 1.54) is 0 Å². The van der Waals surface area contributed by atoms with Crippen LogP contribution < -0.4 is 15.5 Å². The third-order valence-corrected chi connectivity index (χ3v) is 3.05. The van der Waals surface area contributed by atoms with E-state index >= 15 is 0 Å². The molecule has 1 aromatic heterocycles. The zero-order valence-corrected chi connectivity index (χ0v) is 12.4. The number of carbonyl (C=O) groups is 1. The van der Waals surface area contributed by atoms with Crippen LogP contribution >= 0.6 is 0 Å². The van der Waals surface area contributed by atoms with Gasteiger partial charge in [-0.25, -0.2) is 9.78 Å². The molecule has 6 heteroatoms. The molecule has 1 aromatic carbocycles. The number of rotatable bonds is 6. The lowest BCUT2D eigenvalue weighted by atomic mass is 10.2. The predicted molar refractivity (Wildman–Crippen MR) is 84.7 cm³/mol. The standard InChI is InChI=1S/C15H21N5O/c1-20(2)13-6-3-5-12(11-13)19-15(21)18-8-4-7-14-16-9-10-17-14/h3,5-6,9-11H,4,7-8H2,1-2H3,(H,16,17)(H2,18,19,21). The number of carbonyl (C=O) groups excluding carboxylic acids is 1. The molecule has 3 N–H and O–H groups in total. The number of nitrogens with one attached hydrogen (secondary N) is 3. The first-order valence-corrected chi connectivity index (χ1v) is 6.95. The van der Waals surface area contributed by atoms with E-state index in [2.05, 4.69) is 20.6 Å². The molecule has 2 aromatic rings. The average Bonchev–Trinajstić information content (AvgIpc) is 2.97. The number of urea groups is 1. The fourth-order valence-corrected chi connectivity index (χ4v) is 1.93. The van der Waals surface area contributed by atoms with Crippen molar-refractivity contribution in [2.75, 3.05) is 30.9 Å². The molecular weight excluding hydrogens is 266 g/mol. The largest absolute Gasteiger partial charge is 0.378 e. The van der Waals surface area contributed by atoms with Crippen LogP contribution in [0.3, 0.4) is 0 Å². The maximum absolute atomic E-state index is 11.8. The molecule has 0 unspecified atom stereocenters. The van der Waals surface area contributed by atoms with E-state index in [0.29, 0.717) is 6.54 Å². The summed E-state index contributed by atoms with van der Waals surface area (Å²) in [4.78, 5) is 21.0. The number of nitrogens with zero attached hydrogens (tertiary/aromatic N) is 2. The number of hydrogen-bond donors (Lipinski definition) is 3. The van der Waals surface area contributed by atoms with Crippen molar-refractivity contribution in [1.29, 1.82) is 0 Å². The summed E-state index contributed by atoms with van der Waals surface area (Å²) >= 11 is 0. The minimum absolute atomic E-state index is 0.189. The highest BCUT2D eigenvalue weighted by atomic mass is 16.2. The fraction of sp³-hybridized carbons (Fsp3) is 0.333. The summed E-state index contributed by atoms with van der Waals surface area (Å²) in [5.74, 6) is 0.941. The second-order valence-electron chi connectivity index (χ2n) is 4.97. The molecule has 0 aliphatic heterocycles. The Labute approximate surface area is 124 Å². The second kappa shape index (κ2) is 7.33. The minimum Gasteiger partial charge on any atom is -0.378 e. The van der Waals surface area contributed by atoms with Gasteiger partial charge in [0.25, 0.3) is 0 Å². The van der Waals surface area contributed by atoms with Gasteiger partial charge in [-0.1, -0.05) is 6.07 Å². The Morgan fingerprint density at radius 2 is 2.24 bits per heavy atom. The van der Waals surface area contributed by atoms with Gasteiger partial charge in [-0.15, -0.1) is 0 Å². The lowest BCUT2D eigenvalue weighted by molar-refractivity contribution is 0.252. The first-order valence-electron chi connectivity index (χ1n) is 6.95. The van der Waals surface area contributed by atoms with Crippen LogP contribution in [-0.4, -0.2) is 36.6 Å². The highest BCUT2D eigenvalue weighted by Crippen LogP contribution is 2.16. The number of anilines is 2. The van der Waals surface area contributed by atoms with Crippen molar-refractivity contribution in [3.63, 3.8) is 0 Å². The number of benzene rings is 1. The van der Waals surface area contributed by atoms with Gasteiger partial charge < -0.3 is 20.5 Å². The molecule has 6 nitrogen and oxygen atoms in total. The van der Waals surface area contributed by atoms with Crippen molar-refractivity contribution < 1.29 is 4.79 Å². The van der Waals surface area contributed by atoms with Crippen LogP contribution in [-0.2, 0) is 6.42 Å². The SMILES string of the molecule is CN(C)c1cccc(NC(=O)NCCCc2ncc[nH]2)c1. The monoisotopic (exact) mass is 287 g/mol. The summed E-state index contributed by atoms with van der Waals surface area (Å²) in [6.07, 6.45) is 5.20. The zero-order valence-electron chi connectivity index (χ0n) is 12.4. The van der Waals surface area contributed by atoms with Gasteiger partial charge in [0.1, 0.15) is 5.82 Å². The van der Waals surface area contributed by atoms with Gasteiger partial charge >= 0.3 is 6.03 Å². The highest BCUT2D eigenvalue weighted by Gasteiger charge is 2.03. The predicted octanol–water partition coefficient (Wildman–Crippen LogP) is 2.23. The van der Waals surface area contributed by atoms with Gasteiger partial charge in [0.05, 0.1) is 0 Å². The number of imidazole rings is 1. The van der Waals surface area contributed by atoms with Crippen molar-refractivity contribution in [3.05, 3.63) is 42.5 Å². The summed E-state index contributed by atoms with van der Waals surface area (Å²) in [5.41, 5.74) is 1.83. The molecule has 0 aliphatic rings. The quantitative estimate of drug-likeness (QED) is 0.713. The molecule has 1 heterocycles. The molecule has 21 heavy (non-hydrogen) atoms. The summed E-state index contributed by atoms with van der Waals surface area (Å²) < 4.78 is 0. The third-order valence-electron chi connectivity index (χ3n) is 3.05. The Hall–Kier alpha value is -2.50. The van der Waals surface area contributed by atoms with Crippen LogP contribution in [0, 0.1) is 0 Å². The van der Waals surface area contributed by atoms with E-state index in [-0.39, 0.29) is 6.03 Å². The number of aromatic nitrogens is 2. The topological polar surface area (TPSA) is 73.1 Å². The second-order valence-corrected chi connectivity index (χ2v) is 4.97. The maximum atomic E-state index is 11.8. The number of aryl methyl sites for hydroxylation is 1. The molecule has 0 radical (unpaired) electrons. The number of amides is 2. The van der Waals surface area contributed by atoms with E-state index in [9.17, 15) is 4.79 Å². The van der Waals surface area contributed by atoms with Crippen LogP contribution in [0.15, 0.2) is 36.7 Å². The fourth-order valence-electron chi connectivity index (χ4n) is 1.93. The number of hydrogen-bond acceptors (Lipinski definition) is 3. The van der Waals surface area contributed by atoms with Crippen molar-refractivity contribution in [3.8, 4) is 0 Å². The lowest BCUT2D eigenvalue weighted by Crippen LogP contribution is -2.29. The first kappa shape index (κ1) is 14.9. The maximum Gasteiger partial charge on any atom is 0.319 e. The Balaban J connectivity index is 1.72. The minimum atomic E-state index is -0.189. The molecule has 2 amide bonds. The summed E-state index contributed by atoms with van der Waals surface area (Å²) in [5, 5.41) is 5.67. The molecule has 0 fully saturated rings. The van der Waals surface area contributed by atoms with Crippen LogP contribution in [0.25, 0.3) is 0 Å². The molecule has 112 valence electrons. The number of aromatic amines is 1. The van der Waals surface area contributed by atoms with Crippen molar-refractivity contribution >= 4 is 17.4 Å². The number of H-pyrrole nitrogens is 1. The van der Waals surface area contributed by atoms with Crippen LogP contribution in [0.4, 0.5) is 16.2 Å². The summed E-state index contributed by atoms with van der Waals surface area (Å²) in [7, 11) is 3.93. The van der Waals surface area contributed by atoms with E-state index in [4.69, 9.17) is 0 Å². The molecule has 0 atom stereocenters.